The van der Waals surface area contributed by atoms with Crippen molar-refractivity contribution in [2.45, 2.75) is 0 Å². The average Bonchev–Trinajstić information content (AvgIpc) is 2.05. The van der Waals surface area contributed by atoms with E-state index in [0.29, 0.717) is 17.4 Å². The fraction of sp³-hybridized carbons (Fsp3) is 0. The molecule has 0 aliphatic heterocycles. The number of aldehydes is 1. The molecule has 0 aliphatic rings. The van der Waals surface area contributed by atoms with Gasteiger partial charge in [0.05, 0.1) is 0 Å². The van der Waals surface area contributed by atoms with Crippen LogP contribution in [0.4, 0.5) is 8.78 Å². The largest absolute Gasteiger partial charge is 0.298 e. The van der Waals surface area contributed by atoms with Gasteiger partial charge < -0.3 is 0 Å². The highest BCUT2D eigenvalue weighted by Gasteiger charge is 1.92. The first-order chi connectivity index (χ1) is 5.72. The third kappa shape index (κ3) is 2.27. The molecule has 0 spiro atoms. The maximum Gasteiger partial charge on any atom is 0.270 e. The van der Waals surface area contributed by atoms with Crippen molar-refractivity contribution >= 4 is 12.4 Å². The third-order valence-electron chi connectivity index (χ3n) is 1.35. The van der Waals surface area contributed by atoms with E-state index in [0.717, 1.165) is 6.08 Å². The van der Waals surface area contributed by atoms with Gasteiger partial charge >= 0.3 is 0 Å². The Morgan fingerprint density at radius 2 is 1.58 bits per heavy atom. The molecule has 0 heterocycles. The van der Waals surface area contributed by atoms with Crippen molar-refractivity contribution in [1.29, 1.82) is 0 Å². The molecule has 0 aromatic heterocycles. The van der Waals surface area contributed by atoms with Crippen LogP contribution in [0.3, 0.4) is 0 Å². The van der Waals surface area contributed by atoms with Gasteiger partial charge in [-0.15, -0.1) is 0 Å². The van der Waals surface area contributed by atoms with Gasteiger partial charge in [-0.2, -0.15) is 8.78 Å². The molecule has 0 atom stereocenters. The summed E-state index contributed by atoms with van der Waals surface area (Å²) in [6.07, 6.45) is -0.331. The minimum absolute atomic E-state index is 0.389. The molecule has 0 saturated heterocycles. The number of hydrogen-bond acceptors (Lipinski definition) is 1. The normalized spacial score (nSPS) is 9.17. The van der Waals surface area contributed by atoms with Gasteiger partial charge in [0.15, 0.2) is 0 Å². The number of benzene rings is 1. The van der Waals surface area contributed by atoms with Gasteiger partial charge in [-0.3, -0.25) is 4.79 Å². The summed E-state index contributed by atoms with van der Waals surface area (Å²) in [4.78, 5) is 10.2. The minimum atomic E-state index is -1.74. The van der Waals surface area contributed by atoms with Crippen LogP contribution < -0.4 is 0 Å². The SMILES string of the molecule is O=Cc1ccc(C=C(F)F)cc1. The molecule has 3 heteroatoms. The Morgan fingerprint density at radius 3 is 2.00 bits per heavy atom. The molecule has 62 valence electrons. The van der Waals surface area contributed by atoms with Gasteiger partial charge in [0, 0.05) is 11.6 Å². The Labute approximate surface area is 68.3 Å². The zero-order valence-electron chi connectivity index (χ0n) is 6.13. The average molecular weight is 168 g/mol. The fourth-order valence-corrected chi connectivity index (χ4v) is 0.797. The van der Waals surface area contributed by atoms with E-state index < -0.39 is 6.08 Å². The van der Waals surface area contributed by atoms with E-state index in [1.165, 1.54) is 24.3 Å². The van der Waals surface area contributed by atoms with E-state index in [-0.39, 0.29) is 0 Å². The molecule has 0 radical (unpaired) electrons. The summed E-state index contributed by atoms with van der Waals surface area (Å²) in [6, 6.07) is 5.90. The monoisotopic (exact) mass is 168 g/mol. The molecule has 0 unspecified atom stereocenters. The van der Waals surface area contributed by atoms with Crippen LogP contribution in [0.15, 0.2) is 30.3 Å². The summed E-state index contributed by atoms with van der Waals surface area (Å²) >= 11 is 0. The quantitative estimate of drug-likeness (QED) is 0.620. The predicted molar refractivity (Wildman–Crippen MR) is 42.0 cm³/mol. The van der Waals surface area contributed by atoms with Gasteiger partial charge in [0.2, 0.25) is 0 Å². The van der Waals surface area contributed by atoms with Gasteiger partial charge in [0.25, 0.3) is 6.08 Å². The Bertz CT molecular complexity index is 297. The highest BCUT2D eigenvalue weighted by atomic mass is 19.3. The Hall–Kier alpha value is -1.51. The van der Waals surface area contributed by atoms with E-state index in [2.05, 4.69) is 0 Å². The van der Waals surface area contributed by atoms with Crippen LogP contribution >= 0.6 is 0 Å². The first-order valence-corrected chi connectivity index (χ1v) is 3.30. The summed E-state index contributed by atoms with van der Waals surface area (Å²) in [5, 5.41) is 0. The van der Waals surface area contributed by atoms with Crippen molar-refractivity contribution in [1.82, 2.24) is 0 Å². The van der Waals surface area contributed by atoms with E-state index in [1.54, 1.807) is 0 Å². The molecule has 1 nitrogen and oxygen atoms in total. The van der Waals surface area contributed by atoms with Gasteiger partial charge in [0.1, 0.15) is 6.29 Å². The molecule has 0 saturated carbocycles. The van der Waals surface area contributed by atoms with Crippen LogP contribution in [-0.2, 0) is 0 Å². The fourth-order valence-electron chi connectivity index (χ4n) is 0.797. The molecule has 0 bridgehead atoms. The van der Waals surface area contributed by atoms with Gasteiger partial charge in [-0.05, 0) is 5.56 Å². The first-order valence-electron chi connectivity index (χ1n) is 3.30. The van der Waals surface area contributed by atoms with Crippen LogP contribution in [0.25, 0.3) is 6.08 Å². The minimum Gasteiger partial charge on any atom is -0.298 e. The number of halogens is 2. The Morgan fingerprint density at radius 1 is 1.08 bits per heavy atom. The van der Waals surface area contributed by atoms with Crippen LogP contribution in [-0.4, -0.2) is 6.29 Å². The Kier molecular flexibility index (Phi) is 2.69. The molecule has 0 aliphatic carbocycles. The molecular formula is C9H6F2O. The van der Waals surface area contributed by atoms with Crippen LogP contribution in [0.5, 0.6) is 0 Å². The summed E-state index contributed by atoms with van der Waals surface area (Å²) < 4.78 is 23.4. The molecule has 1 rings (SSSR count). The van der Waals surface area contributed by atoms with Crippen molar-refractivity contribution < 1.29 is 13.6 Å². The van der Waals surface area contributed by atoms with E-state index in [4.69, 9.17) is 0 Å². The maximum absolute atomic E-state index is 11.7. The molecule has 0 N–H and O–H groups in total. The van der Waals surface area contributed by atoms with Crippen LogP contribution in [0.2, 0.25) is 0 Å². The smallest absolute Gasteiger partial charge is 0.270 e. The van der Waals surface area contributed by atoms with Crippen molar-refractivity contribution in [3.8, 4) is 0 Å². The summed E-state index contributed by atoms with van der Waals surface area (Å²) in [5.41, 5.74) is 0.868. The van der Waals surface area contributed by atoms with Gasteiger partial charge in [-0.1, -0.05) is 24.3 Å². The lowest BCUT2D eigenvalue weighted by Crippen LogP contribution is -1.78. The zero-order chi connectivity index (χ0) is 8.97. The summed E-state index contributed by atoms with van der Waals surface area (Å²) in [7, 11) is 0. The lowest BCUT2D eigenvalue weighted by Gasteiger charge is -1.91. The number of carbonyl (C=O) groups excluding carboxylic acids is 1. The lowest BCUT2D eigenvalue weighted by atomic mass is 10.1. The number of hydrogen-bond donors (Lipinski definition) is 0. The highest BCUT2D eigenvalue weighted by molar-refractivity contribution is 5.75. The molecular weight excluding hydrogens is 162 g/mol. The van der Waals surface area contributed by atoms with E-state index in [1.807, 2.05) is 0 Å². The van der Waals surface area contributed by atoms with E-state index >= 15 is 0 Å². The molecule has 1 aromatic carbocycles. The summed E-state index contributed by atoms with van der Waals surface area (Å²) in [6.45, 7) is 0. The third-order valence-corrected chi connectivity index (χ3v) is 1.35. The topological polar surface area (TPSA) is 17.1 Å². The van der Waals surface area contributed by atoms with Crippen molar-refractivity contribution in [2.75, 3.05) is 0 Å². The first kappa shape index (κ1) is 8.59. The molecule has 12 heavy (non-hydrogen) atoms. The molecule has 0 amide bonds. The predicted octanol–water partition coefficient (Wildman–Crippen LogP) is 2.74. The zero-order valence-corrected chi connectivity index (χ0v) is 6.13. The van der Waals surface area contributed by atoms with Crippen molar-refractivity contribution in [3.63, 3.8) is 0 Å². The second kappa shape index (κ2) is 3.76. The van der Waals surface area contributed by atoms with Crippen molar-refractivity contribution in [3.05, 3.63) is 41.5 Å². The van der Waals surface area contributed by atoms with Crippen molar-refractivity contribution in [2.24, 2.45) is 0 Å². The number of carbonyl (C=O) groups is 1. The molecule has 1 aromatic rings. The van der Waals surface area contributed by atoms with Crippen LogP contribution in [0.1, 0.15) is 15.9 Å². The second-order valence-corrected chi connectivity index (χ2v) is 2.22. The standard InChI is InChI=1S/C9H6F2O/c10-9(11)5-7-1-3-8(6-12)4-2-7/h1-6H. The van der Waals surface area contributed by atoms with Crippen LogP contribution in [0, 0.1) is 0 Å². The van der Waals surface area contributed by atoms with E-state index in [9.17, 15) is 13.6 Å². The number of rotatable bonds is 2. The highest BCUT2D eigenvalue weighted by Crippen LogP contribution is 2.09. The summed E-state index contributed by atoms with van der Waals surface area (Å²) in [5.74, 6) is 0. The maximum atomic E-state index is 11.7. The van der Waals surface area contributed by atoms with Gasteiger partial charge in [-0.25, -0.2) is 0 Å². The lowest BCUT2D eigenvalue weighted by molar-refractivity contribution is 0.112. The second-order valence-electron chi connectivity index (χ2n) is 2.22. The Balaban J connectivity index is 2.92. The molecule has 0 fully saturated rings.